The Balaban J connectivity index is 1.65. The average molecular weight is 442 g/mol. The van der Waals surface area contributed by atoms with Gasteiger partial charge in [-0.25, -0.2) is 4.79 Å². The second-order valence-corrected chi connectivity index (χ2v) is 8.29. The van der Waals surface area contributed by atoms with Crippen LogP contribution in [0.3, 0.4) is 0 Å². The Hall–Kier alpha value is -2.78. The highest BCUT2D eigenvalue weighted by atomic mass is 32.1. The van der Waals surface area contributed by atoms with Gasteiger partial charge in [0.05, 0.1) is 22.5 Å². The fourth-order valence-corrected chi connectivity index (χ4v) is 3.77. The highest BCUT2D eigenvalue weighted by molar-refractivity contribution is 7.09. The fourth-order valence-electron chi connectivity index (χ4n) is 3.27. The highest BCUT2D eigenvalue weighted by Crippen LogP contribution is 2.14. The minimum Gasteiger partial charge on any atom is -0.444 e. The summed E-state index contributed by atoms with van der Waals surface area (Å²) in [7, 11) is 0. The summed E-state index contributed by atoms with van der Waals surface area (Å²) in [5.74, 6) is 0. The Morgan fingerprint density at radius 3 is 2.19 bits per heavy atom. The van der Waals surface area contributed by atoms with Gasteiger partial charge in [0, 0.05) is 12.2 Å². The van der Waals surface area contributed by atoms with Crippen LogP contribution in [-0.4, -0.2) is 45.6 Å². The first-order valence-corrected chi connectivity index (χ1v) is 10.9. The van der Waals surface area contributed by atoms with Crippen LogP contribution in [0.15, 0.2) is 72.4 Å². The zero-order valence-corrected chi connectivity index (χ0v) is 17.8. The van der Waals surface area contributed by atoms with Crippen LogP contribution in [0, 0.1) is 0 Å². The van der Waals surface area contributed by atoms with E-state index in [1.165, 1.54) is 11.3 Å². The van der Waals surface area contributed by atoms with E-state index in [-0.39, 0.29) is 6.61 Å². The van der Waals surface area contributed by atoms with Gasteiger partial charge >= 0.3 is 6.09 Å². The summed E-state index contributed by atoms with van der Waals surface area (Å²) in [6.07, 6.45) is -0.872. The fraction of sp³-hybridized carbons (Fsp3) is 0.304. The van der Waals surface area contributed by atoms with Gasteiger partial charge in [0.25, 0.3) is 0 Å². The molecule has 1 heterocycles. The first kappa shape index (κ1) is 22.9. The van der Waals surface area contributed by atoms with Crippen molar-refractivity contribution in [2.75, 3.05) is 0 Å². The lowest BCUT2D eigenvalue weighted by Crippen LogP contribution is -2.55. The van der Waals surface area contributed by atoms with Crippen LogP contribution in [0.4, 0.5) is 4.79 Å². The molecule has 7 nitrogen and oxygen atoms in total. The second-order valence-electron chi connectivity index (χ2n) is 7.32. The monoisotopic (exact) mass is 441 g/mol. The molecule has 0 radical (unpaired) electrons. The van der Waals surface area contributed by atoms with Crippen LogP contribution in [0.25, 0.3) is 0 Å². The van der Waals surface area contributed by atoms with E-state index in [0.29, 0.717) is 12.8 Å². The highest BCUT2D eigenvalue weighted by Gasteiger charge is 2.32. The molecule has 0 aliphatic heterocycles. The SMILES string of the molecule is NC(Cc1ccccc1)C(O)C(O)C(Cc1ccccc1)NC(=O)OCc1cncs1. The number of nitrogens with zero attached hydrogens (tertiary/aromatic N) is 1. The Bertz CT molecular complexity index is 909. The number of aliphatic hydroxyl groups is 2. The predicted octanol–water partition coefficient (Wildman–Crippen LogP) is 2.27. The lowest BCUT2D eigenvalue weighted by molar-refractivity contribution is -0.0172. The molecule has 0 aliphatic carbocycles. The molecule has 1 aromatic heterocycles. The van der Waals surface area contributed by atoms with Crippen molar-refractivity contribution in [3.63, 3.8) is 0 Å². The van der Waals surface area contributed by atoms with E-state index >= 15 is 0 Å². The molecule has 0 aliphatic rings. The van der Waals surface area contributed by atoms with Crippen LogP contribution in [-0.2, 0) is 24.2 Å². The maximum atomic E-state index is 12.4. The summed E-state index contributed by atoms with van der Waals surface area (Å²) < 4.78 is 5.24. The summed E-state index contributed by atoms with van der Waals surface area (Å²) in [6.45, 7) is 0.0841. The molecule has 2 aromatic carbocycles. The molecule has 8 heteroatoms. The standard InChI is InChI=1S/C23H27N3O4S/c24-19(11-16-7-3-1-4-8-16)21(27)22(28)20(12-17-9-5-2-6-10-17)26-23(29)30-14-18-13-25-15-31-18/h1-10,13,15,19-22,27-28H,11-12,14,24H2,(H,26,29). The number of carbonyl (C=O) groups is 1. The van der Waals surface area contributed by atoms with Gasteiger partial charge < -0.3 is 26.0 Å². The van der Waals surface area contributed by atoms with Gasteiger partial charge in [0.1, 0.15) is 12.7 Å². The number of rotatable bonds is 10. The molecule has 0 spiro atoms. The van der Waals surface area contributed by atoms with E-state index in [1.807, 2.05) is 60.7 Å². The Labute approximate surface area is 185 Å². The Kier molecular flexibility index (Phi) is 8.54. The maximum Gasteiger partial charge on any atom is 0.407 e. The largest absolute Gasteiger partial charge is 0.444 e. The van der Waals surface area contributed by atoms with Gasteiger partial charge in [0.2, 0.25) is 0 Å². The van der Waals surface area contributed by atoms with Gasteiger partial charge in [0.15, 0.2) is 0 Å². The second kappa shape index (κ2) is 11.6. The molecule has 1 amide bonds. The zero-order valence-electron chi connectivity index (χ0n) is 17.0. The van der Waals surface area contributed by atoms with Crippen molar-refractivity contribution >= 4 is 17.4 Å². The number of thiazole rings is 1. The zero-order chi connectivity index (χ0) is 22.1. The predicted molar refractivity (Wildman–Crippen MR) is 120 cm³/mol. The molecule has 164 valence electrons. The van der Waals surface area contributed by atoms with Crippen molar-refractivity contribution in [3.8, 4) is 0 Å². The molecule has 3 aromatic rings. The summed E-state index contributed by atoms with van der Waals surface area (Å²) in [4.78, 5) is 17.1. The lowest BCUT2D eigenvalue weighted by Gasteiger charge is -2.30. The summed E-state index contributed by atoms with van der Waals surface area (Å²) >= 11 is 1.38. The number of benzene rings is 2. The van der Waals surface area contributed by atoms with E-state index in [2.05, 4.69) is 10.3 Å². The molecular weight excluding hydrogens is 414 g/mol. The third-order valence-electron chi connectivity index (χ3n) is 4.95. The van der Waals surface area contributed by atoms with Gasteiger partial charge in [-0.15, -0.1) is 11.3 Å². The van der Waals surface area contributed by atoms with Crippen LogP contribution < -0.4 is 11.1 Å². The average Bonchev–Trinajstić information content (AvgIpc) is 3.31. The van der Waals surface area contributed by atoms with Crippen molar-refractivity contribution in [1.29, 1.82) is 0 Å². The van der Waals surface area contributed by atoms with Crippen molar-refractivity contribution in [1.82, 2.24) is 10.3 Å². The van der Waals surface area contributed by atoms with Gasteiger partial charge in [-0.1, -0.05) is 60.7 Å². The topological polar surface area (TPSA) is 118 Å². The van der Waals surface area contributed by atoms with Crippen LogP contribution in [0.5, 0.6) is 0 Å². The number of nitrogens with two attached hydrogens (primary N) is 1. The molecular formula is C23H27N3O4S. The number of amides is 1. The Morgan fingerprint density at radius 1 is 1.00 bits per heavy atom. The molecule has 31 heavy (non-hydrogen) atoms. The van der Waals surface area contributed by atoms with Crippen LogP contribution in [0.1, 0.15) is 16.0 Å². The molecule has 4 atom stereocenters. The van der Waals surface area contributed by atoms with Crippen LogP contribution >= 0.6 is 11.3 Å². The number of aliphatic hydroxyl groups excluding tert-OH is 2. The Morgan fingerprint density at radius 2 is 1.61 bits per heavy atom. The third kappa shape index (κ3) is 7.15. The normalized spacial score (nSPS) is 14.9. The minimum absolute atomic E-state index is 0.0841. The van der Waals surface area contributed by atoms with Crippen LogP contribution in [0.2, 0.25) is 0 Å². The number of hydrogen-bond donors (Lipinski definition) is 4. The summed E-state index contributed by atoms with van der Waals surface area (Å²) in [6, 6.07) is 17.4. The van der Waals surface area contributed by atoms with E-state index < -0.39 is 30.4 Å². The van der Waals surface area contributed by atoms with Crippen molar-refractivity contribution in [2.45, 2.75) is 43.7 Å². The third-order valence-corrected chi connectivity index (χ3v) is 5.70. The number of aromatic nitrogens is 1. The summed E-state index contributed by atoms with van der Waals surface area (Å²) in [5, 5.41) is 24.3. The smallest absolute Gasteiger partial charge is 0.407 e. The van der Waals surface area contributed by atoms with Crippen molar-refractivity contribution in [2.24, 2.45) is 5.73 Å². The number of hydrogen-bond acceptors (Lipinski definition) is 7. The molecule has 0 fully saturated rings. The van der Waals surface area contributed by atoms with Gasteiger partial charge in [-0.3, -0.25) is 4.98 Å². The number of carbonyl (C=O) groups excluding carboxylic acids is 1. The molecule has 0 saturated carbocycles. The van der Waals surface area contributed by atoms with E-state index in [1.54, 1.807) is 11.7 Å². The van der Waals surface area contributed by atoms with Crippen molar-refractivity contribution < 1.29 is 19.7 Å². The molecule has 0 bridgehead atoms. The maximum absolute atomic E-state index is 12.4. The van der Waals surface area contributed by atoms with E-state index in [0.717, 1.165) is 16.0 Å². The first-order valence-electron chi connectivity index (χ1n) is 10.0. The minimum atomic E-state index is -1.28. The lowest BCUT2D eigenvalue weighted by atomic mass is 9.92. The quantitative estimate of drug-likeness (QED) is 0.383. The van der Waals surface area contributed by atoms with E-state index in [9.17, 15) is 15.0 Å². The molecule has 5 N–H and O–H groups in total. The molecule has 0 saturated heterocycles. The first-order chi connectivity index (χ1) is 15.0. The van der Waals surface area contributed by atoms with Gasteiger partial charge in [-0.2, -0.15) is 0 Å². The molecule has 3 rings (SSSR count). The van der Waals surface area contributed by atoms with E-state index in [4.69, 9.17) is 10.5 Å². The molecule has 4 unspecified atom stereocenters. The van der Waals surface area contributed by atoms with Gasteiger partial charge in [-0.05, 0) is 24.0 Å². The number of nitrogens with one attached hydrogen (secondary N) is 1. The number of ether oxygens (including phenoxy) is 1. The number of alkyl carbamates (subject to hydrolysis) is 1. The summed E-state index contributed by atoms with van der Waals surface area (Å²) in [5.41, 5.74) is 9.69. The van der Waals surface area contributed by atoms with Crippen molar-refractivity contribution in [3.05, 3.63) is 88.4 Å².